The third-order valence-electron chi connectivity index (χ3n) is 7.92. The average molecular weight is 519 g/mol. The first kappa shape index (κ1) is 24.2. The third-order valence-corrected chi connectivity index (χ3v) is 7.92. The molecular weight excluding hydrogens is 492 g/mol. The van der Waals surface area contributed by atoms with Gasteiger partial charge in [-0.1, -0.05) is 66.7 Å². The lowest BCUT2D eigenvalue weighted by molar-refractivity contribution is 0.351. The van der Waals surface area contributed by atoms with Crippen molar-refractivity contribution >= 4 is 32.3 Å². The number of rotatable bonds is 2. The van der Waals surface area contributed by atoms with Crippen LogP contribution in [0.2, 0.25) is 0 Å². The Morgan fingerprint density at radius 3 is 1.56 bits per heavy atom. The molecule has 6 heteroatoms. The number of phenols is 6. The van der Waals surface area contributed by atoms with Gasteiger partial charge in [0.05, 0.1) is 0 Å². The normalized spacial score (nSPS) is 11.6. The predicted octanol–water partition coefficient (Wildman–Crippen LogP) is 7.64. The molecule has 0 aliphatic carbocycles. The zero-order valence-electron chi connectivity index (χ0n) is 21.5. The molecule has 6 aromatic carbocycles. The van der Waals surface area contributed by atoms with Crippen LogP contribution in [-0.2, 0) is 0 Å². The number of hydrogen-bond donors (Lipinski definition) is 6. The van der Waals surface area contributed by atoms with E-state index in [4.69, 9.17) is 0 Å². The van der Waals surface area contributed by atoms with Crippen molar-refractivity contribution in [3.63, 3.8) is 0 Å². The van der Waals surface area contributed by atoms with Crippen molar-refractivity contribution in [2.75, 3.05) is 0 Å². The summed E-state index contributed by atoms with van der Waals surface area (Å²) in [6.45, 7) is 4.97. The lowest BCUT2D eigenvalue weighted by Gasteiger charge is -2.22. The molecule has 0 aliphatic rings. The van der Waals surface area contributed by atoms with Crippen LogP contribution in [0.1, 0.15) is 16.7 Å². The van der Waals surface area contributed by atoms with Gasteiger partial charge in [0.1, 0.15) is 11.5 Å². The lowest BCUT2D eigenvalue weighted by atomic mass is 9.84. The summed E-state index contributed by atoms with van der Waals surface area (Å²) in [5.41, 5.74) is 4.10. The second-order valence-corrected chi connectivity index (χ2v) is 9.95. The largest absolute Gasteiger partial charge is 0.507 e. The van der Waals surface area contributed by atoms with Crippen LogP contribution in [0.25, 0.3) is 54.6 Å². The summed E-state index contributed by atoms with van der Waals surface area (Å²) >= 11 is 0. The van der Waals surface area contributed by atoms with E-state index in [2.05, 4.69) is 18.2 Å². The SMILES string of the molecule is Cc1c(C)c(O)c2c(-c3ccc(-c4cccc5ccccc45)cc3)c3c(O)c(O)c(O)c(O)c3c(C)c2c1O. The number of fused-ring (bicyclic) bond motifs is 3. The standard InChI is InChI=1S/C33H26O6/c1-15-16(2)29(35)26-23(28(15)34)17(3)24-27(31(37)33(39)32(38)30(24)36)25(26)20-13-11-19(12-14-20)22-10-6-8-18-7-4-5-9-21(18)22/h4-14,34-39H,1-3H3. The Kier molecular flexibility index (Phi) is 5.26. The van der Waals surface area contributed by atoms with E-state index in [9.17, 15) is 30.6 Å². The minimum atomic E-state index is -0.875. The van der Waals surface area contributed by atoms with Crippen molar-refractivity contribution < 1.29 is 30.6 Å². The summed E-state index contributed by atoms with van der Waals surface area (Å²) in [7, 11) is 0. The summed E-state index contributed by atoms with van der Waals surface area (Å²) in [6, 6.07) is 21.7. The molecule has 0 aliphatic heterocycles. The molecule has 0 radical (unpaired) electrons. The van der Waals surface area contributed by atoms with Gasteiger partial charge in [-0.3, -0.25) is 0 Å². The fraction of sp³-hybridized carbons (Fsp3) is 0.0909. The zero-order valence-corrected chi connectivity index (χ0v) is 21.5. The van der Waals surface area contributed by atoms with Crippen molar-refractivity contribution in [2.24, 2.45) is 0 Å². The second-order valence-electron chi connectivity index (χ2n) is 9.95. The van der Waals surface area contributed by atoms with Gasteiger partial charge < -0.3 is 30.6 Å². The van der Waals surface area contributed by atoms with Crippen LogP contribution in [-0.4, -0.2) is 30.6 Å². The first-order valence-corrected chi connectivity index (χ1v) is 12.5. The Bertz CT molecular complexity index is 1900. The molecule has 0 heterocycles. The molecule has 0 aromatic heterocycles. The van der Waals surface area contributed by atoms with Crippen LogP contribution in [0, 0.1) is 20.8 Å². The highest BCUT2D eigenvalue weighted by atomic mass is 16.3. The fourth-order valence-electron chi connectivity index (χ4n) is 5.71. The number of phenolic OH excluding ortho intramolecular Hbond substituents is 6. The number of hydrogen-bond acceptors (Lipinski definition) is 6. The van der Waals surface area contributed by atoms with Gasteiger partial charge in [-0.15, -0.1) is 0 Å². The van der Waals surface area contributed by atoms with Gasteiger partial charge in [0.15, 0.2) is 11.5 Å². The van der Waals surface area contributed by atoms with E-state index >= 15 is 0 Å². The molecule has 6 N–H and O–H groups in total. The Morgan fingerprint density at radius 1 is 0.410 bits per heavy atom. The molecule has 0 atom stereocenters. The Balaban J connectivity index is 1.75. The number of benzene rings is 6. The molecule has 0 amide bonds. The number of aryl methyl sites for hydroxylation is 1. The lowest BCUT2D eigenvalue weighted by Crippen LogP contribution is -1.96. The molecule has 0 spiro atoms. The topological polar surface area (TPSA) is 121 Å². The van der Waals surface area contributed by atoms with Gasteiger partial charge in [-0.25, -0.2) is 0 Å². The van der Waals surface area contributed by atoms with Crippen molar-refractivity contribution in [1.82, 2.24) is 0 Å². The summed E-state index contributed by atoms with van der Waals surface area (Å²) in [6.07, 6.45) is 0. The average Bonchev–Trinajstić information content (AvgIpc) is 2.96. The number of aromatic hydroxyl groups is 6. The van der Waals surface area contributed by atoms with E-state index < -0.39 is 23.0 Å². The van der Waals surface area contributed by atoms with E-state index in [-0.39, 0.29) is 33.0 Å². The fourth-order valence-corrected chi connectivity index (χ4v) is 5.71. The predicted molar refractivity (Wildman–Crippen MR) is 154 cm³/mol. The Labute approximate surface area is 223 Å². The third kappa shape index (κ3) is 3.28. The first-order chi connectivity index (χ1) is 18.6. The molecule has 6 rings (SSSR count). The maximum Gasteiger partial charge on any atom is 0.204 e. The first-order valence-electron chi connectivity index (χ1n) is 12.5. The molecule has 0 fully saturated rings. The molecule has 0 saturated carbocycles. The van der Waals surface area contributed by atoms with E-state index in [0.29, 0.717) is 27.8 Å². The minimum Gasteiger partial charge on any atom is -0.507 e. The molecule has 0 unspecified atom stereocenters. The summed E-state index contributed by atoms with van der Waals surface area (Å²) < 4.78 is 0. The molecule has 194 valence electrons. The molecular formula is C33H26O6. The van der Waals surface area contributed by atoms with Gasteiger partial charge in [0, 0.05) is 27.1 Å². The highest BCUT2D eigenvalue weighted by Gasteiger charge is 2.29. The van der Waals surface area contributed by atoms with Gasteiger partial charge >= 0.3 is 0 Å². The minimum absolute atomic E-state index is 0.0451. The van der Waals surface area contributed by atoms with Crippen LogP contribution >= 0.6 is 0 Å². The van der Waals surface area contributed by atoms with Crippen LogP contribution in [0.5, 0.6) is 34.5 Å². The summed E-state index contributed by atoms with van der Waals surface area (Å²) in [5.74, 6) is -3.20. The quantitative estimate of drug-likeness (QED) is 0.0796. The van der Waals surface area contributed by atoms with Crippen molar-refractivity contribution in [1.29, 1.82) is 0 Å². The van der Waals surface area contributed by atoms with Crippen molar-refractivity contribution in [3.05, 3.63) is 83.4 Å². The van der Waals surface area contributed by atoms with Gasteiger partial charge in [-0.2, -0.15) is 0 Å². The molecule has 6 aromatic rings. The van der Waals surface area contributed by atoms with Crippen LogP contribution in [0.3, 0.4) is 0 Å². The van der Waals surface area contributed by atoms with Crippen molar-refractivity contribution in [3.8, 4) is 56.8 Å². The second kappa shape index (κ2) is 8.46. The molecule has 0 saturated heterocycles. The maximum absolute atomic E-state index is 11.4. The molecule has 0 bridgehead atoms. The van der Waals surface area contributed by atoms with Gasteiger partial charge in [-0.05, 0) is 64.9 Å². The summed E-state index contributed by atoms with van der Waals surface area (Å²) in [4.78, 5) is 0. The highest BCUT2D eigenvalue weighted by Crippen LogP contribution is 2.57. The zero-order chi connectivity index (χ0) is 27.7. The van der Waals surface area contributed by atoms with E-state index in [1.807, 2.05) is 48.5 Å². The van der Waals surface area contributed by atoms with E-state index in [0.717, 1.165) is 21.9 Å². The van der Waals surface area contributed by atoms with Crippen LogP contribution in [0.4, 0.5) is 0 Å². The Morgan fingerprint density at radius 2 is 0.897 bits per heavy atom. The van der Waals surface area contributed by atoms with E-state index in [1.54, 1.807) is 20.8 Å². The van der Waals surface area contributed by atoms with Crippen LogP contribution < -0.4 is 0 Å². The maximum atomic E-state index is 11.4. The van der Waals surface area contributed by atoms with Crippen molar-refractivity contribution in [2.45, 2.75) is 20.8 Å². The smallest absolute Gasteiger partial charge is 0.204 e. The highest BCUT2D eigenvalue weighted by molar-refractivity contribution is 6.23. The van der Waals surface area contributed by atoms with Crippen LogP contribution in [0.15, 0.2) is 66.7 Å². The van der Waals surface area contributed by atoms with E-state index in [1.165, 1.54) is 0 Å². The van der Waals surface area contributed by atoms with Gasteiger partial charge in [0.25, 0.3) is 0 Å². The molecule has 39 heavy (non-hydrogen) atoms. The monoisotopic (exact) mass is 518 g/mol. The Hall–Kier alpha value is -5.10. The molecule has 6 nitrogen and oxygen atoms in total. The summed E-state index contributed by atoms with van der Waals surface area (Å²) in [5, 5.41) is 68.1. The van der Waals surface area contributed by atoms with Gasteiger partial charge in [0.2, 0.25) is 11.5 Å².